The molecule has 3 rings (SSSR count). The zero-order valence-corrected chi connectivity index (χ0v) is 12.4. The molecule has 4 nitrogen and oxygen atoms in total. The summed E-state index contributed by atoms with van der Waals surface area (Å²) in [6.45, 7) is 2.43. The number of hydrogen-bond donors (Lipinski definition) is 0. The second-order valence-corrected chi connectivity index (χ2v) is 5.18. The van der Waals surface area contributed by atoms with Crippen LogP contribution in [0.4, 0.5) is 5.69 Å². The first-order valence-corrected chi connectivity index (χ1v) is 7.23. The van der Waals surface area contributed by atoms with Gasteiger partial charge in [0.2, 0.25) is 0 Å². The highest BCUT2D eigenvalue weighted by atomic mass is 16.2. The van der Waals surface area contributed by atoms with Crippen molar-refractivity contribution in [3.8, 4) is 0 Å². The molecule has 0 fully saturated rings. The summed E-state index contributed by atoms with van der Waals surface area (Å²) in [5.74, 6) is -0.426. The van der Waals surface area contributed by atoms with E-state index >= 15 is 0 Å². The number of para-hydroxylation sites is 1. The first-order chi connectivity index (χ1) is 10.8. The third-order valence-electron chi connectivity index (χ3n) is 3.55. The van der Waals surface area contributed by atoms with E-state index in [0.717, 1.165) is 17.0 Å². The second-order valence-electron chi connectivity index (χ2n) is 5.18. The van der Waals surface area contributed by atoms with Crippen LogP contribution in [0.25, 0.3) is 0 Å². The lowest BCUT2D eigenvalue weighted by atomic mass is 10.1. The van der Waals surface area contributed by atoms with Crippen LogP contribution in [0.1, 0.15) is 12.5 Å². The number of hydrogen-bond acceptors (Lipinski definition) is 3. The van der Waals surface area contributed by atoms with Crippen LogP contribution in [0.15, 0.2) is 70.8 Å². The number of benzene rings is 2. The SMILES string of the molecule is CC1=NN(c2ccccc2)C(=O)[C@@H]1C=NCc1ccccc1. The standard InChI is InChI=1S/C18H17N3O/c1-14-17(13-19-12-15-8-4-2-5-9-15)18(22)21(20-14)16-10-6-3-7-11-16/h2-11,13,17H,12H2,1H3/t17-/m1/s1. The summed E-state index contributed by atoms with van der Waals surface area (Å²) < 4.78 is 0. The topological polar surface area (TPSA) is 45.0 Å². The predicted octanol–water partition coefficient (Wildman–Crippen LogP) is 3.30. The van der Waals surface area contributed by atoms with E-state index < -0.39 is 0 Å². The Bertz CT molecular complexity index is 708. The maximum absolute atomic E-state index is 12.5. The van der Waals surface area contributed by atoms with Crippen molar-refractivity contribution in [1.82, 2.24) is 0 Å². The normalized spacial score (nSPS) is 18.0. The minimum Gasteiger partial charge on any atom is -0.292 e. The minimum absolute atomic E-state index is 0.0551. The summed E-state index contributed by atoms with van der Waals surface area (Å²) in [4.78, 5) is 16.9. The average Bonchev–Trinajstić information content (AvgIpc) is 2.85. The zero-order chi connectivity index (χ0) is 15.4. The van der Waals surface area contributed by atoms with Gasteiger partial charge in [0, 0.05) is 6.21 Å². The van der Waals surface area contributed by atoms with Gasteiger partial charge in [0.1, 0.15) is 5.92 Å². The summed E-state index contributed by atoms with van der Waals surface area (Å²) in [5.41, 5.74) is 2.68. The lowest BCUT2D eigenvalue weighted by molar-refractivity contribution is -0.118. The number of carbonyl (C=O) groups is 1. The third kappa shape index (κ3) is 2.96. The third-order valence-corrected chi connectivity index (χ3v) is 3.55. The van der Waals surface area contributed by atoms with Crippen LogP contribution < -0.4 is 5.01 Å². The summed E-state index contributed by atoms with van der Waals surface area (Å²) in [7, 11) is 0. The predicted molar refractivity (Wildman–Crippen MR) is 89.2 cm³/mol. The van der Waals surface area contributed by atoms with Gasteiger partial charge in [-0.25, -0.2) is 0 Å². The van der Waals surface area contributed by atoms with Gasteiger partial charge in [-0.3, -0.25) is 9.79 Å². The Morgan fingerprint density at radius 1 is 1.09 bits per heavy atom. The number of amides is 1. The molecule has 0 radical (unpaired) electrons. The van der Waals surface area contributed by atoms with Crippen LogP contribution in [-0.4, -0.2) is 17.8 Å². The van der Waals surface area contributed by atoms with E-state index in [1.807, 2.05) is 67.6 Å². The van der Waals surface area contributed by atoms with Crippen LogP contribution >= 0.6 is 0 Å². The van der Waals surface area contributed by atoms with Crippen LogP contribution in [0.3, 0.4) is 0 Å². The van der Waals surface area contributed by atoms with Gasteiger partial charge in [0.25, 0.3) is 5.91 Å². The maximum atomic E-state index is 12.5. The molecule has 0 saturated heterocycles. The van der Waals surface area contributed by atoms with Crippen molar-refractivity contribution in [2.24, 2.45) is 16.0 Å². The van der Waals surface area contributed by atoms with Crippen LogP contribution in [0, 0.1) is 5.92 Å². The largest absolute Gasteiger partial charge is 0.292 e. The van der Waals surface area contributed by atoms with Crippen molar-refractivity contribution in [1.29, 1.82) is 0 Å². The molecule has 2 aromatic carbocycles. The van der Waals surface area contributed by atoms with Gasteiger partial charge in [-0.2, -0.15) is 10.1 Å². The average molecular weight is 291 g/mol. The van der Waals surface area contributed by atoms with Gasteiger partial charge in [-0.05, 0) is 24.6 Å². The molecule has 0 aromatic heterocycles. The molecule has 1 heterocycles. The Hall–Kier alpha value is -2.75. The monoisotopic (exact) mass is 291 g/mol. The van der Waals surface area contributed by atoms with E-state index in [1.54, 1.807) is 6.21 Å². The molecular formula is C18H17N3O. The van der Waals surface area contributed by atoms with Crippen molar-refractivity contribution in [2.75, 3.05) is 5.01 Å². The Balaban J connectivity index is 1.71. The minimum atomic E-state index is -0.371. The van der Waals surface area contributed by atoms with Crippen molar-refractivity contribution < 1.29 is 4.79 Å². The lowest BCUT2D eigenvalue weighted by Gasteiger charge is -2.12. The quantitative estimate of drug-likeness (QED) is 0.797. The first kappa shape index (κ1) is 14.2. The fourth-order valence-corrected chi connectivity index (χ4v) is 2.35. The van der Waals surface area contributed by atoms with Crippen molar-refractivity contribution >= 4 is 23.5 Å². The molecular weight excluding hydrogens is 274 g/mol. The summed E-state index contributed by atoms with van der Waals surface area (Å²) in [6, 6.07) is 19.4. The molecule has 1 aliphatic heterocycles. The summed E-state index contributed by atoms with van der Waals surface area (Å²) in [5, 5.41) is 5.81. The highest BCUT2D eigenvalue weighted by Crippen LogP contribution is 2.22. The molecule has 0 saturated carbocycles. The van der Waals surface area contributed by atoms with Gasteiger partial charge in [0.05, 0.1) is 17.9 Å². The van der Waals surface area contributed by atoms with E-state index in [9.17, 15) is 4.79 Å². The summed E-state index contributed by atoms with van der Waals surface area (Å²) >= 11 is 0. The fourth-order valence-electron chi connectivity index (χ4n) is 2.35. The Morgan fingerprint density at radius 3 is 2.41 bits per heavy atom. The fraction of sp³-hybridized carbons (Fsp3) is 0.167. The van der Waals surface area contributed by atoms with E-state index in [-0.39, 0.29) is 11.8 Å². The van der Waals surface area contributed by atoms with Crippen molar-refractivity contribution in [3.05, 3.63) is 66.2 Å². The van der Waals surface area contributed by atoms with Crippen molar-refractivity contribution in [2.45, 2.75) is 13.5 Å². The molecule has 4 heteroatoms. The van der Waals surface area contributed by atoms with E-state index in [4.69, 9.17) is 0 Å². The highest BCUT2D eigenvalue weighted by molar-refractivity contribution is 6.23. The van der Waals surface area contributed by atoms with Gasteiger partial charge < -0.3 is 0 Å². The molecule has 2 aromatic rings. The zero-order valence-electron chi connectivity index (χ0n) is 12.4. The molecule has 0 bridgehead atoms. The maximum Gasteiger partial charge on any atom is 0.261 e. The number of nitrogens with zero attached hydrogens (tertiary/aromatic N) is 3. The molecule has 1 atom stereocenters. The van der Waals surface area contributed by atoms with Gasteiger partial charge in [-0.15, -0.1) is 0 Å². The Labute approximate surface area is 129 Å². The second kappa shape index (κ2) is 6.35. The smallest absolute Gasteiger partial charge is 0.261 e. The van der Waals surface area contributed by atoms with Crippen molar-refractivity contribution in [3.63, 3.8) is 0 Å². The number of rotatable bonds is 4. The molecule has 1 amide bonds. The van der Waals surface area contributed by atoms with Gasteiger partial charge in [-0.1, -0.05) is 48.5 Å². The first-order valence-electron chi connectivity index (χ1n) is 7.23. The van der Waals surface area contributed by atoms with E-state index in [1.165, 1.54) is 5.01 Å². The van der Waals surface area contributed by atoms with Crippen LogP contribution in [0.2, 0.25) is 0 Å². The van der Waals surface area contributed by atoms with E-state index in [0.29, 0.717) is 6.54 Å². The molecule has 0 unspecified atom stereocenters. The number of hydrazone groups is 1. The Morgan fingerprint density at radius 2 is 1.73 bits per heavy atom. The lowest BCUT2D eigenvalue weighted by Crippen LogP contribution is -2.27. The molecule has 110 valence electrons. The molecule has 0 aliphatic carbocycles. The molecule has 0 spiro atoms. The molecule has 1 aliphatic rings. The Kier molecular flexibility index (Phi) is 4.10. The molecule has 0 N–H and O–H groups in total. The van der Waals surface area contributed by atoms with E-state index in [2.05, 4.69) is 10.1 Å². The van der Waals surface area contributed by atoms with Crippen LogP contribution in [0.5, 0.6) is 0 Å². The number of anilines is 1. The number of aliphatic imine (C=N–C) groups is 1. The molecule has 22 heavy (non-hydrogen) atoms. The van der Waals surface area contributed by atoms with Crippen LogP contribution in [-0.2, 0) is 11.3 Å². The van der Waals surface area contributed by atoms with Gasteiger partial charge >= 0.3 is 0 Å². The number of carbonyl (C=O) groups excluding carboxylic acids is 1. The van der Waals surface area contributed by atoms with Gasteiger partial charge in [0.15, 0.2) is 0 Å². The highest BCUT2D eigenvalue weighted by Gasteiger charge is 2.32. The summed E-state index contributed by atoms with van der Waals surface area (Å²) in [6.07, 6.45) is 1.71.